The number of ether oxygens (including phenoxy) is 1. The zero-order valence-electron chi connectivity index (χ0n) is 12.8. The number of para-hydroxylation sites is 1. The van der Waals surface area contributed by atoms with Crippen LogP contribution < -0.4 is 10.4 Å². The molecule has 3 aromatic carbocycles. The molecule has 0 aliphatic heterocycles. The summed E-state index contributed by atoms with van der Waals surface area (Å²) in [6.45, 7) is 0. The smallest absolute Gasteiger partial charge is 0.336 e. The molecule has 4 aromatic rings. The van der Waals surface area contributed by atoms with Crippen molar-refractivity contribution in [3.63, 3.8) is 0 Å². The van der Waals surface area contributed by atoms with Crippen molar-refractivity contribution < 1.29 is 9.15 Å². The highest BCUT2D eigenvalue weighted by molar-refractivity contribution is 5.78. The Labute approximate surface area is 138 Å². The zero-order chi connectivity index (χ0) is 16.4. The van der Waals surface area contributed by atoms with E-state index in [2.05, 4.69) is 0 Å². The molecule has 0 spiro atoms. The fourth-order valence-electron chi connectivity index (χ4n) is 2.64. The highest BCUT2D eigenvalue weighted by atomic mass is 16.5. The molecule has 0 saturated heterocycles. The Hall–Kier alpha value is -3.33. The monoisotopic (exact) mass is 314 g/mol. The molecule has 0 bridgehead atoms. The van der Waals surface area contributed by atoms with Crippen molar-refractivity contribution in [2.75, 3.05) is 0 Å². The van der Waals surface area contributed by atoms with E-state index in [0.717, 1.165) is 22.3 Å². The molecular formula is C21H14O3. The van der Waals surface area contributed by atoms with Crippen molar-refractivity contribution in [1.29, 1.82) is 0 Å². The van der Waals surface area contributed by atoms with Crippen molar-refractivity contribution in [1.82, 2.24) is 0 Å². The second-order valence-corrected chi connectivity index (χ2v) is 5.42. The number of rotatable bonds is 3. The predicted octanol–water partition coefficient (Wildman–Crippen LogP) is 5.25. The van der Waals surface area contributed by atoms with E-state index < -0.39 is 0 Å². The van der Waals surface area contributed by atoms with Crippen molar-refractivity contribution >= 4 is 11.0 Å². The van der Waals surface area contributed by atoms with Crippen LogP contribution in [0.1, 0.15) is 0 Å². The summed E-state index contributed by atoms with van der Waals surface area (Å²) in [6.07, 6.45) is 0. The summed E-state index contributed by atoms with van der Waals surface area (Å²) < 4.78 is 11.3. The topological polar surface area (TPSA) is 39.4 Å². The van der Waals surface area contributed by atoms with Gasteiger partial charge in [-0.2, -0.15) is 0 Å². The van der Waals surface area contributed by atoms with Gasteiger partial charge >= 0.3 is 5.63 Å². The normalized spacial score (nSPS) is 10.7. The third kappa shape index (κ3) is 2.79. The first kappa shape index (κ1) is 14.3. The van der Waals surface area contributed by atoms with Crippen molar-refractivity contribution in [3.05, 3.63) is 95.3 Å². The predicted molar refractivity (Wildman–Crippen MR) is 94.4 cm³/mol. The van der Waals surface area contributed by atoms with Gasteiger partial charge in [-0.15, -0.1) is 0 Å². The van der Waals surface area contributed by atoms with Crippen LogP contribution in [0.5, 0.6) is 11.5 Å². The molecule has 3 nitrogen and oxygen atoms in total. The van der Waals surface area contributed by atoms with E-state index in [1.807, 2.05) is 66.7 Å². The highest BCUT2D eigenvalue weighted by Crippen LogP contribution is 2.33. The Balaban J connectivity index is 1.75. The van der Waals surface area contributed by atoms with Gasteiger partial charge in [0.05, 0.1) is 0 Å². The second kappa shape index (κ2) is 6.05. The second-order valence-electron chi connectivity index (χ2n) is 5.42. The van der Waals surface area contributed by atoms with Crippen LogP contribution in [0, 0.1) is 0 Å². The van der Waals surface area contributed by atoms with Gasteiger partial charge in [-0.05, 0) is 29.8 Å². The van der Waals surface area contributed by atoms with Crippen LogP contribution in [0.4, 0.5) is 0 Å². The summed E-state index contributed by atoms with van der Waals surface area (Å²) in [6, 6.07) is 26.5. The fourth-order valence-corrected chi connectivity index (χ4v) is 2.64. The van der Waals surface area contributed by atoms with Gasteiger partial charge in [0.25, 0.3) is 0 Å². The molecule has 0 atom stereocenters. The Kier molecular flexibility index (Phi) is 3.60. The first-order chi connectivity index (χ1) is 11.8. The Morgan fingerprint density at radius 3 is 2.38 bits per heavy atom. The standard InChI is InChI=1S/C21H14O3/c22-21-13-11-16-10-12-17(14-20(16)24-21)23-19-9-5-4-8-18(19)15-6-2-1-3-7-15/h1-14H. The van der Waals surface area contributed by atoms with E-state index in [4.69, 9.17) is 9.15 Å². The third-order valence-corrected chi connectivity index (χ3v) is 3.79. The van der Waals surface area contributed by atoms with Gasteiger partial charge in [0.1, 0.15) is 17.1 Å². The van der Waals surface area contributed by atoms with Gasteiger partial charge < -0.3 is 9.15 Å². The summed E-state index contributed by atoms with van der Waals surface area (Å²) in [4.78, 5) is 11.4. The minimum Gasteiger partial charge on any atom is -0.457 e. The fraction of sp³-hybridized carbons (Fsp3) is 0. The minimum atomic E-state index is -0.371. The molecule has 0 aliphatic carbocycles. The molecule has 0 fully saturated rings. The molecule has 116 valence electrons. The average Bonchev–Trinajstić information content (AvgIpc) is 2.62. The summed E-state index contributed by atoms with van der Waals surface area (Å²) in [5, 5.41) is 0.860. The zero-order valence-corrected chi connectivity index (χ0v) is 12.8. The molecule has 0 aliphatic rings. The molecule has 1 aromatic heterocycles. The summed E-state index contributed by atoms with van der Waals surface area (Å²) in [5.41, 5.74) is 2.23. The van der Waals surface area contributed by atoms with E-state index >= 15 is 0 Å². The molecule has 0 amide bonds. The molecule has 1 heterocycles. The van der Waals surface area contributed by atoms with Gasteiger partial charge in [-0.3, -0.25) is 0 Å². The van der Waals surface area contributed by atoms with Crippen LogP contribution in [-0.4, -0.2) is 0 Å². The lowest BCUT2D eigenvalue weighted by Gasteiger charge is -2.11. The molecule has 0 saturated carbocycles. The van der Waals surface area contributed by atoms with Crippen LogP contribution in [0.15, 0.2) is 94.1 Å². The molecule has 0 N–H and O–H groups in total. The van der Waals surface area contributed by atoms with Crippen molar-refractivity contribution in [3.8, 4) is 22.6 Å². The molecule has 0 radical (unpaired) electrons. The summed E-state index contributed by atoms with van der Waals surface area (Å²) >= 11 is 0. The van der Waals surface area contributed by atoms with Gasteiger partial charge in [-0.1, -0.05) is 48.5 Å². The Morgan fingerprint density at radius 2 is 1.50 bits per heavy atom. The quantitative estimate of drug-likeness (QED) is 0.485. The molecule has 3 heteroatoms. The summed E-state index contributed by atoms with van der Waals surface area (Å²) in [7, 11) is 0. The number of hydrogen-bond acceptors (Lipinski definition) is 3. The number of benzene rings is 3. The van der Waals surface area contributed by atoms with Crippen molar-refractivity contribution in [2.45, 2.75) is 0 Å². The van der Waals surface area contributed by atoms with Crippen molar-refractivity contribution in [2.24, 2.45) is 0 Å². The van der Waals surface area contributed by atoms with E-state index in [1.165, 1.54) is 6.07 Å². The Bertz CT molecular complexity index is 1050. The van der Waals surface area contributed by atoms with E-state index in [-0.39, 0.29) is 5.63 Å². The third-order valence-electron chi connectivity index (χ3n) is 3.79. The maximum absolute atomic E-state index is 11.4. The molecule has 0 unspecified atom stereocenters. The Morgan fingerprint density at radius 1 is 0.750 bits per heavy atom. The van der Waals surface area contributed by atoms with Gasteiger partial charge in [-0.25, -0.2) is 4.79 Å². The first-order valence-corrected chi connectivity index (χ1v) is 7.66. The van der Waals surface area contributed by atoms with Crippen LogP contribution in [0.2, 0.25) is 0 Å². The van der Waals surface area contributed by atoms with E-state index in [9.17, 15) is 4.79 Å². The molecule has 4 rings (SSSR count). The lowest BCUT2D eigenvalue weighted by atomic mass is 10.0. The lowest BCUT2D eigenvalue weighted by Crippen LogP contribution is -1.94. The molecule has 24 heavy (non-hydrogen) atoms. The summed E-state index contributed by atoms with van der Waals surface area (Å²) in [5.74, 6) is 1.38. The first-order valence-electron chi connectivity index (χ1n) is 7.66. The number of fused-ring (bicyclic) bond motifs is 1. The van der Waals surface area contributed by atoms with Crippen LogP contribution in [0.25, 0.3) is 22.1 Å². The van der Waals surface area contributed by atoms with E-state index in [0.29, 0.717) is 11.3 Å². The maximum atomic E-state index is 11.4. The van der Waals surface area contributed by atoms with Crippen LogP contribution >= 0.6 is 0 Å². The van der Waals surface area contributed by atoms with E-state index in [1.54, 1.807) is 12.1 Å². The van der Waals surface area contributed by atoms with Gasteiger partial charge in [0, 0.05) is 23.1 Å². The molecular weight excluding hydrogens is 300 g/mol. The van der Waals surface area contributed by atoms with Gasteiger partial charge in [0.2, 0.25) is 0 Å². The SMILES string of the molecule is O=c1ccc2ccc(Oc3ccccc3-c3ccccc3)cc2o1. The average molecular weight is 314 g/mol. The maximum Gasteiger partial charge on any atom is 0.336 e. The highest BCUT2D eigenvalue weighted by Gasteiger charge is 2.07. The van der Waals surface area contributed by atoms with Crippen LogP contribution in [0.3, 0.4) is 0 Å². The van der Waals surface area contributed by atoms with Gasteiger partial charge in [0.15, 0.2) is 0 Å². The van der Waals surface area contributed by atoms with Crippen LogP contribution in [-0.2, 0) is 0 Å². The number of hydrogen-bond donors (Lipinski definition) is 0. The minimum absolute atomic E-state index is 0.371. The largest absolute Gasteiger partial charge is 0.457 e. The lowest BCUT2D eigenvalue weighted by molar-refractivity contribution is 0.482.